The quantitative estimate of drug-likeness (QED) is 0.397. The Kier molecular flexibility index (Phi) is 6.37. The van der Waals surface area contributed by atoms with Crippen LogP contribution >= 0.6 is 0 Å². The molecule has 0 unspecified atom stereocenters. The number of hydrogen-bond donors (Lipinski definition) is 3. The van der Waals surface area contributed by atoms with E-state index in [4.69, 9.17) is 5.11 Å². The molecule has 0 aliphatic heterocycles. The molecule has 0 aromatic heterocycles. The molecule has 31 heavy (non-hydrogen) atoms. The Balaban J connectivity index is 1.72. The maximum Gasteiger partial charge on any atom is 0.336 e. The third kappa shape index (κ3) is 5.30. The molecule has 7 heteroatoms. The van der Waals surface area contributed by atoms with Gasteiger partial charge < -0.3 is 15.5 Å². The fourth-order valence-corrected chi connectivity index (χ4v) is 2.84. The minimum absolute atomic E-state index is 0.0463. The van der Waals surface area contributed by atoms with Crippen LogP contribution in [0.2, 0.25) is 0 Å². The van der Waals surface area contributed by atoms with Gasteiger partial charge in [0.05, 0.1) is 11.1 Å². The molecule has 0 heterocycles. The summed E-state index contributed by atoms with van der Waals surface area (Å²) >= 11 is 0. The fraction of sp³-hybridized carbons (Fsp3) is 0. The van der Waals surface area contributed by atoms with E-state index in [9.17, 15) is 24.3 Å². The maximum atomic E-state index is 12.7. The second-order valence-electron chi connectivity index (χ2n) is 6.51. The van der Waals surface area contributed by atoms with Gasteiger partial charge in [0.1, 0.15) is 0 Å². The van der Waals surface area contributed by atoms with E-state index in [0.29, 0.717) is 5.69 Å². The molecule has 0 fully saturated rings. The minimum atomic E-state index is -1.44. The molecule has 0 atom stereocenters. The van der Waals surface area contributed by atoms with Crippen LogP contribution in [0.1, 0.15) is 42.2 Å². The van der Waals surface area contributed by atoms with Crippen molar-refractivity contribution in [3.63, 3.8) is 0 Å². The molecule has 0 aliphatic carbocycles. The SMILES string of the molecule is O=C(C=Cc1ccccc1)Nc1ccc(C(=O)c2ccc(C(=O)O)c(C(=O)O)c2)cc1. The Morgan fingerprint density at radius 2 is 1.32 bits per heavy atom. The van der Waals surface area contributed by atoms with Gasteiger partial charge in [0.2, 0.25) is 5.91 Å². The largest absolute Gasteiger partial charge is 0.478 e. The predicted molar refractivity (Wildman–Crippen MR) is 114 cm³/mol. The van der Waals surface area contributed by atoms with Crippen LogP contribution < -0.4 is 5.32 Å². The number of amides is 1. The number of carboxylic acids is 2. The van der Waals surface area contributed by atoms with Gasteiger partial charge in [0.25, 0.3) is 0 Å². The van der Waals surface area contributed by atoms with Gasteiger partial charge in [-0.15, -0.1) is 0 Å². The number of hydrogen-bond acceptors (Lipinski definition) is 4. The van der Waals surface area contributed by atoms with Crippen molar-refractivity contribution in [3.8, 4) is 0 Å². The lowest BCUT2D eigenvalue weighted by molar-refractivity contribution is -0.111. The number of aromatic carboxylic acids is 2. The van der Waals surface area contributed by atoms with Gasteiger partial charge in [0.15, 0.2) is 5.78 Å². The third-order valence-corrected chi connectivity index (χ3v) is 4.38. The molecule has 7 nitrogen and oxygen atoms in total. The molecule has 0 saturated heterocycles. The molecule has 0 aliphatic rings. The molecular weight excluding hydrogens is 398 g/mol. The zero-order valence-electron chi connectivity index (χ0n) is 16.1. The van der Waals surface area contributed by atoms with E-state index in [2.05, 4.69) is 5.32 Å². The summed E-state index contributed by atoms with van der Waals surface area (Å²) in [6.07, 6.45) is 3.07. The third-order valence-electron chi connectivity index (χ3n) is 4.38. The second kappa shape index (κ2) is 9.32. The summed E-state index contributed by atoms with van der Waals surface area (Å²) in [6, 6.07) is 18.8. The van der Waals surface area contributed by atoms with Crippen LogP contribution in [-0.2, 0) is 4.79 Å². The first-order chi connectivity index (χ1) is 14.8. The Morgan fingerprint density at radius 3 is 1.94 bits per heavy atom. The summed E-state index contributed by atoms with van der Waals surface area (Å²) in [6.45, 7) is 0. The lowest BCUT2D eigenvalue weighted by atomic mass is 9.98. The van der Waals surface area contributed by atoms with Gasteiger partial charge in [-0.25, -0.2) is 9.59 Å². The number of carboxylic acid groups (broad SMARTS) is 2. The average molecular weight is 415 g/mol. The van der Waals surface area contributed by atoms with E-state index >= 15 is 0 Å². The molecule has 3 aromatic carbocycles. The number of nitrogens with one attached hydrogen (secondary N) is 1. The van der Waals surface area contributed by atoms with E-state index in [1.807, 2.05) is 30.3 Å². The summed E-state index contributed by atoms with van der Waals surface area (Å²) < 4.78 is 0. The van der Waals surface area contributed by atoms with Gasteiger partial charge in [0, 0.05) is 22.9 Å². The molecule has 0 radical (unpaired) electrons. The Morgan fingerprint density at radius 1 is 0.710 bits per heavy atom. The van der Waals surface area contributed by atoms with E-state index < -0.39 is 28.8 Å². The Bertz CT molecular complexity index is 1180. The van der Waals surface area contributed by atoms with Crippen molar-refractivity contribution in [1.82, 2.24) is 0 Å². The van der Waals surface area contributed by atoms with E-state index in [0.717, 1.165) is 17.7 Å². The Labute approximate surface area is 177 Å². The van der Waals surface area contributed by atoms with Crippen molar-refractivity contribution in [2.45, 2.75) is 0 Å². The van der Waals surface area contributed by atoms with Crippen LogP contribution in [0.4, 0.5) is 5.69 Å². The fourth-order valence-electron chi connectivity index (χ4n) is 2.84. The van der Waals surface area contributed by atoms with Crippen molar-refractivity contribution in [2.24, 2.45) is 0 Å². The summed E-state index contributed by atoms with van der Waals surface area (Å²) in [7, 11) is 0. The zero-order valence-corrected chi connectivity index (χ0v) is 16.1. The Hall–Kier alpha value is -4.52. The number of carbonyl (C=O) groups excluding carboxylic acids is 2. The van der Waals surface area contributed by atoms with Gasteiger partial charge in [-0.1, -0.05) is 36.4 Å². The van der Waals surface area contributed by atoms with Crippen molar-refractivity contribution < 1.29 is 29.4 Å². The first-order valence-corrected chi connectivity index (χ1v) is 9.14. The number of ketones is 1. The highest BCUT2D eigenvalue weighted by atomic mass is 16.4. The van der Waals surface area contributed by atoms with E-state index in [1.54, 1.807) is 18.2 Å². The smallest absolute Gasteiger partial charge is 0.336 e. The molecule has 154 valence electrons. The minimum Gasteiger partial charge on any atom is -0.478 e. The molecular formula is C24H17NO6. The molecule has 1 amide bonds. The molecule has 0 spiro atoms. The maximum absolute atomic E-state index is 12.7. The van der Waals surface area contributed by atoms with E-state index in [1.165, 1.54) is 24.3 Å². The van der Waals surface area contributed by atoms with Gasteiger partial charge in [-0.3, -0.25) is 9.59 Å². The second-order valence-corrected chi connectivity index (χ2v) is 6.51. The summed E-state index contributed by atoms with van der Waals surface area (Å²) in [5.41, 5.74) is 0.806. The van der Waals surface area contributed by atoms with Gasteiger partial charge in [-0.2, -0.15) is 0 Å². The number of benzene rings is 3. The zero-order chi connectivity index (χ0) is 22.4. The summed E-state index contributed by atoms with van der Waals surface area (Å²) in [5.74, 6) is -3.63. The van der Waals surface area contributed by atoms with Crippen LogP contribution in [0, 0.1) is 0 Å². The lowest BCUT2D eigenvalue weighted by Crippen LogP contribution is -2.11. The highest BCUT2D eigenvalue weighted by Crippen LogP contribution is 2.18. The summed E-state index contributed by atoms with van der Waals surface area (Å²) in [4.78, 5) is 47.2. The van der Waals surface area contributed by atoms with Gasteiger partial charge in [-0.05, 0) is 48.0 Å². The van der Waals surface area contributed by atoms with Gasteiger partial charge >= 0.3 is 11.9 Å². The highest BCUT2D eigenvalue weighted by molar-refractivity contribution is 6.11. The monoisotopic (exact) mass is 415 g/mol. The standard InChI is InChI=1S/C24H17NO6/c26-21(13-6-15-4-2-1-3-5-15)25-18-10-7-16(8-11-18)22(27)17-9-12-19(23(28)29)20(14-17)24(30)31/h1-14H,(H,25,26)(H,28,29)(H,30,31). The number of rotatable bonds is 7. The van der Waals surface area contributed by atoms with Crippen LogP contribution in [0.25, 0.3) is 6.08 Å². The van der Waals surface area contributed by atoms with Crippen LogP contribution in [0.3, 0.4) is 0 Å². The molecule has 3 N–H and O–H groups in total. The van der Waals surface area contributed by atoms with Crippen LogP contribution in [0.15, 0.2) is 78.9 Å². The predicted octanol–water partition coefficient (Wildman–Crippen LogP) is 3.97. The molecule has 0 saturated carbocycles. The van der Waals surface area contributed by atoms with Crippen molar-refractivity contribution >= 4 is 35.4 Å². The molecule has 3 aromatic rings. The first kappa shape index (κ1) is 21.2. The van der Waals surface area contributed by atoms with E-state index in [-0.39, 0.29) is 17.0 Å². The van der Waals surface area contributed by atoms with Crippen molar-refractivity contribution in [2.75, 3.05) is 5.32 Å². The first-order valence-electron chi connectivity index (χ1n) is 9.14. The lowest BCUT2D eigenvalue weighted by Gasteiger charge is -2.07. The number of carbonyl (C=O) groups is 4. The van der Waals surface area contributed by atoms with Crippen LogP contribution in [-0.4, -0.2) is 33.8 Å². The van der Waals surface area contributed by atoms with Crippen molar-refractivity contribution in [1.29, 1.82) is 0 Å². The molecule has 3 rings (SSSR count). The van der Waals surface area contributed by atoms with Crippen molar-refractivity contribution in [3.05, 3.63) is 107 Å². The molecule has 0 bridgehead atoms. The number of anilines is 1. The highest BCUT2D eigenvalue weighted by Gasteiger charge is 2.19. The topological polar surface area (TPSA) is 121 Å². The normalized spacial score (nSPS) is 10.6. The average Bonchev–Trinajstić information content (AvgIpc) is 2.78. The van der Waals surface area contributed by atoms with Crippen LogP contribution in [0.5, 0.6) is 0 Å². The summed E-state index contributed by atoms with van der Waals surface area (Å²) in [5, 5.41) is 21.0.